The van der Waals surface area contributed by atoms with Crippen LogP contribution in [-0.2, 0) is 0 Å². The minimum atomic E-state index is 0.0742. The van der Waals surface area contributed by atoms with Gasteiger partial charge >= 0.3 is 0 Å². The summed E-state index contributed by atoms with van der Waals surface area (Å²) in [6.45, 7) is 6.96. The van der Waals surface area contributed by atoms with Gasteiger partial charge in [0, 0.05) is 10.0 Å². The minimum Gasteiger partial charge on any atom is -0.419 e. The van der Waals surface area contributed by atoms with Crippen molar-refractivity contribution in [2.24, 2.45) is 0 Å². The average Bonchev–Trinajstić information content (AvgIpc) is 2.82. The van der Waals surface area contributed by atoms with Gasteiger partial charge in [0.05, 0.1) is 6.04 Å². The van der Waals surface area contributed by atoms with Gasteiger partial charge in [0.2, 0.25) is 11.8 Å². The third-order valence-electron chi connectivity index (χ3n) is 2.74. The van der Waals surface area contributed by atoms with Crippen LogP contribution in [-0.4, -0.2) is 16.7 Å². The highest BCUT2D eigenvalue weighted by atomic mass is 79.9. The van der Waals surface area contributed by atoms with Gasteiger partial charge in [0.25, 0.3) is 0 Å². The molecule has 0 amide bonds. The molecule has 2 aromatic rings. The summed E-state index contributed by atoms with van der Waals surface area (Å²) in [5.41, 5.74) is 2.11. The number of aromatic nitrogens is 2. The zero-order valence-corrected chi connectivity index (χ0v) is 12.3. The summed E-state index contributed by atoms with van der Waals surface area (Å²) in [7, 11) is 0. The van der Waals surface area contributed by atoms with Gasteiger partial charge < -0.3 is 9.73 Å². The highest BCUT2D eigenvalue weighted by Crippen LogP contribution is 2.25. The van der Waals surface area contributed by atoms with Crippen molar-refractivity contribution >= 4 is 15.9 Å². The molecule has 1 aromatic heterocycles. The van der Waals surface area contributed by atoms with E-state index < -0.39 is 0 Å². The Morgan fingerprint density at radius 3 is 2.83 bits per heavy atom. The van der Waals surface area contributed by atoms with Crippen LogP contribution in [0.15, 0.2) is 27.1 Å². The third kappa shape index (κ3) is 2.79. The van der Waals surface area contributed by atoms with E-state index in [0.717, 1.165) is 16.6 Å². The Labute approximate surface area is 115 Å². The summed E-state index contributed by atoms with van der Waals surface area (Å²) < 4.78 is 6.71. The number of hydrogen-bond acceptors (Lipinski definition) is 4. The maximum Gasteiger partial charge on any atom is 0.247 e. The van der Waals surface area contributed by atoms with E-state index in [1.807, 2.05) is 39.0 Å². The Morgan fingerprint density at radius 1 is 1.39 bits per heavy atom. The molecule has 0 saturated carbocycles. The second-order valence-electron chi connectivity index (χ2n) is 4.19. The predicted molar refractivity (Wildman–Crippen MR) is 74.3 cm³/mol. The summed E-state index contributed by atoms with van der Waals surface area (Å²) in [6, 6.07) is 6.07. The summed E-state index contributed by atoms with van der Waals surface area (Å²) in [6.07, 6.45) is 0. The number of rotatable bonds is 4. The molecule has 1 unspecified atom stereocenters. The van der Waals surface area contributed by atoms with Crippen LogP contribution in [0, 0.1) is 6.92 Å². The van der Waals surface area contributed by atoms with Crippen LogP contribution in [0.4, 0.5) is 0 Å². The second-order valence-corrected chi connectivity index (χ2v) is 5.04. The van der Waals surface area contributed by atoms with Gasteiger partial charge in [-0.25, -0.2) is 0 Å². The van der Waals surface area contributed by atoms with Crippen LogP contribution in [0.2, 0.25) is 0 Å². The molecule has 0 radical (unpaired) electrons. The van der Waals surface area contributed by atoms with E-state index in [0.29, 0.717) is 11.8 Å². The maximum absolute atomic E-state index is 5.67. The molecule has 2 rings (SSSR count). The molecule has 1 atom stereocenters. The first-order valence-corrected chi connectivity index (χ1v) is 6.74. The number of nitrogens with one attached hydrogen (secondary N) is 1. The zero-order chi connectivity index (χ0) is 13.1. The summed E-state index contributed by atoms with van der Waals surface area (Å²) in [4.78, 5) is 0. The van der Waals surface area contributed by atoms with Crippen molar-refractivity contribution in [3.8, 4) is 11.5 Å². The number of aryl methyl sites for hydroxylation is 1. The quantitative estimate of drug-likeness (QED) is 0.939. The largest absolute Gasteiger partial charge is 0.419 e. The Bertz CT molecular complexity index is 539. The van der Waals surface area contributed by atoms with Crippen LogP contribution in [0.3, 0.4) is 0 Å². The van der Waals surface area contributed by atoms with Crippen LogP contribution in [0.1, 0.15) is 31.3 Å². The average molecular weight is 310 g/mol. The van der Waals surface area contributed by atoms with Crippen molar-refractivity contribution in [2.75, 3.05) is 6.54 Å². The predicted octanol–water partition coefficient (Wildman–Crippen LogP) is 3.48. The van der Waals surface area contributed by atoms with E-state index >= 15 is 0 Å². The zero-order valence-electron chi connectivity index (χ0n) is 10.7. The molecule has 0 saturated heterocycles. The third-order valence-corrected chi connectivity index (χ3v) is 3.59. The SMILES string of the molecule is CCNC(C)c1nnc(-c2ccc(C)c(Br)c2)o1. The van der Waals surface area contributed by atoms with Gasteiger partial charge in [-0.15, -0.1) is 10.2 Å². The number of nitrogens with zero attached hydrogens (tertiary/aromatic N) is 2. The van der Waals surface area contributed by atoms with E-state index in [9.17, 15) is 0 Å². The molecule has 0 fully saturated rings. The Morgan fingerprint density at radius 2 is 2.17 bits per heavy atom. The van der Waals surface area contributed by atoms with E-state index in [4.69, 9.17) is 4.42 Å². The first-order valence-electron chi connectivity index (χ1n) is 5.95. The van der Waals surface area contributed by atoms with Crippen molar-refractivity contribution < 1.29 is 4.42 Å². The minimum absolute atomic E-state index is 0.0742. The van der Waals surface area contributed by atoms with Gasteiger partial charge in [-0.3, -0.25) is 0 Å². The molecule has 0 aliphatic carbocycles. The molecule has 1 N–H and O–H groups in total. The highest BCUT2D eigenvalue weighted by molar-refractivity contribution is 9.10. The van der Waals surface area contributed by atoms with Crippen molar-refractivity contribution in [3.05, 3.63) is 34.1 Å². The fourth-order valence-electron chi connectivity index (χ4n) is 1.65. The number of benzene rings is 1. The van der Waals surface area contributed by atoms with Gasteiger partial charge in [-0.1, -0.05) is 28.9 Å². The van der Waals surface area contributed by atoms with E-state index in [2.05, 4.69) is 31.4 Å². The Hall–Kier alpha value is -1.20. The van der Waals surface area contributed by atoms with Crippen molar-refractivity contribution in [1.29, 1.82) is 0 Å². The standard InChI is InChI=1S/C13H16BrN3O/c1-4-15-9(3)12-16-17-13(18-12)10-6-5-8(2)11(14)7-10/h5-7,9,15H,4H2,1-3H3. The van der Waals surface area contributed by atoms with Crippen LogP contribution in [0.25, 0.3) is 11.5 Å². The van der Waals surface area contributed by atoms with Crippen molar-refractivity contribution in [2.45, 2.75) is 26.8 Å². The fourth-order valence-corrected chi connectivity index (χ4v) is 2.02. The van der Waals surface area contributed by atoms with Crippen LogP contribution in [0.5, 0.6) is 0 Å². The lowest BCUT2D eigenvalue weighted by Gasteiger charge is -2.05. The molecule has 4 nitrogen and oxygen atoms in total. The summed E-state index contributed by atoms with van der Waals surface area (Å²) in [5, 5.41) is 11.4. The molecule has 1 aromatic carbocycles. The molecule has 96 valence electrons. The molecule has 0 bridgehead atoms. The van der Waals surface area contributed by atoms with Crippen molar-refractivity contribution in [1.82, 2.24) is 15.5 Å². The van der Waals surface area contributed by atoms with Gasteiger partial charge in [0.15, 0.2) is 0 Å². The van der Waals surface area contributed by atoms with Crippen LogP contribution >= 0.6 is 15.9 Å². The van der Waals surface area contributed by atoms with Crippen molar-refractivity contribution in [3.63, 3.8) is 0 Å². The first kappa shape index (κ1) is 13.2. The summed E-state index contributed by atoms with van der Waals surface area (Å²) >= 11 is 3.50. The van der Waals surface area contributed by atoms with Gasteiger partial charge in [-0.2, -0.15) is 0 Å². The number of halogens is 1. The second kappa shape index (κ2) is 5.63. The molecule has 0 spiro atoms. The monoisotopic (exact) mass is 309 g/mol. The van der Waals surface area contributed by atoms with E-state index in [-0.39, 0.29) is 6.04 Å². The molecule has 1 heterocycles. The Balaban J connectivity index is 2.26. The topological polar surface area (TPSA) is 51.0 Å². The van der Waals surface area contributed by atoms with Gasteiger partial charge in [0.1, 0.15) is 0 Å². The lowest BCUT2D eigenvalue weighted by molar-refractivity contribution is 0.429. The lowest BCUT2D eigenvalue weighted by atomic mass is 10.1. The normalized spacial score (nSPS) is 12.7. The molecular formula is C13H16BrN3O. The highest BCUT2D eigenvalue weighted by Gasteiger charge is 2.14. The number of hydrogen-bond donors (Lipinski definition) is 1. The lowest BCUT2D eigenvalue weighted by Crippen LogP contribution is -2.17. The molecule has 5 heteroatoms. The van der Waals surface area contributed by atoms with E-state index in [1.165, 1.54) is 5.56 Å². The van der Waals surface area contributed by atoms with Gasteiger partial charge in [-0.05, 0) is 38.1 Å². The molecular weight excluding hydrogens is 294 g/mol. The first-order chi connectivity index (χ1) is 8.61. The van der Waals surface area contributed by atoms with E-state index in [1.54, 1.807) is 0 Å². The molecule has 0 aliphatic heterocycles. The molecule has 0 aliphatic rings. The smallest absolute Gasteiger partial charge is 0.247 e. The van der Waals surface area contributed by atoms with Crippen LogP contribution < -0.4 is 5.32 Å². The summed E-state index contributed by atoms with van der Waals surface area (Å²) in [5.74, 6) is 1.17. The molecule has 18 heavy (non-hydrogen) atoms. The Kier molecular flexibility index (Phi) is 4.14. The maximum atomic E-state index is 5.67. The fraction of sp³-hybridized carbons (Fsp3) is 0.385.